The number of nitrogens with zero attached hydrogens (tertiary/aromatic N) is 3. The molecule has 4 nitrogen and oxygen atoms in total. The van der Waals surface area contributed by atoms with Crippen LogP contribution in [-0.4, -0.2) is 38.1 Å². The zero-order valence-corrected chi connectivity index (χ0v) is 9.37. The summed E-state index contributed by atoms with van der Waals surface area (Å²) in [6.07, 6.45) is 4.07. The quantitative estimate of drug-likeness (QED) is 0.824. The molecule has 0 unspecified atom stereocenters. The maximum absolute atomic E-state index is 9.60. The molecule has 1 fully saturated rings. The molecule has 1 aliphatic rings. The first-order valence-corrected chi connectivity index (χ1v) is 5.86. The maximum Gasteiger partial charge on any atom is 0.193 e. The summed E-state index contributed by atoms with van der Waals surface area (Å²) in [4.78, 5) is 7.74. The zero-order valence-electron chi connectivity index (χ0n) is 8.55. The number of thiazole rings is 1. The summed E-state index contributed by atoms with van der Waals surface area (Å²) < 4.78 is 2.04. The SMILES string of the molecule is CC1(O)CN(Cc2cn3ccsc3n2)C1. The first kappa shape index (κ1) is 9.33. The van der Waals surface area contributed by atoms with Crippen LogP contribution in [0.2, 0.25) is 0 Å². The molecule has 15 heavy (non-hydrogen) atoms. The normalized spacial score (nSPS) is 20.7. The Morgan fingerprint density at radius 1 is 1.60 bits per heavy atom. The zero-order chi connectivity index (χ0) is 10.5. The minimum absolute atomic E-state index is 0.489. The van der Waals surface area contributed by atoms with Gasteiger partial charge in [0, 0.05) is 37.4 Å². The van der Waals surface area contributed by atoms with Crippen molar-refractivity contribution in [2.75, 3.05) is 13.1 Å². The molecule has 0 aromatic carbocycles. The third kappa shape index (κ3) is 1.67. The molecule has 0 aliphatic carbocycles. The van der Waals surface area contributed by atoms with Gasteiger partial charge in [0.1, 0.15) is 0 Å². The number of imidazole rings is 1. The number of hydrogen-bond donors (Lipinski definition) is 1. The molecule has 3 rings (SSSR count). The van der Waals surface area contributed by atoms with Crippen LogP contribution in [0.25, 0.3) is 4.96 Å². The van der Waals surface area contributed by atoms with Gasteiger partial charge < -0.3 is 5.11 Å². The van der Waals surface area contributed by atoms with Crippen LogP contribution in [0.3, 0.4) is 0 Å². The molecule has 3 heterocycles. The summed E-state index contributed by atoms with van der Waals surface area (Å²) in [5.74, 6) is 0. The number of rotatable bonds is 2. The Hall–Kier alpha value is -0.910. The van der Waals surface area contributed by atoms with Gasteiger partial charge in [0.25, 0.3) is 0 Å². The molecule has 0 amide bonds. The predicted octanol–water partition coefficient (Wildman–Crippen LogP) is 0.962. The van der Waals surface area contributed by atoms with Crippen LogP contribution in [0.15, 0.2) is 17.8 Å². The number of aliphatic hydroxyl groups is 1. The number of fused-ring (bicyclic) bond motifs is 1. The molecule has 2 aromatic rings. The average molecular weight is 223 g/mol. The van der Waals surface area contributed by atoms with Gasteiger partial charge in [-0.2, -0.15) is 0 Å². The van der Waals surface area contributed by atoms with Gasteiger partial charge in [0.05, 0.1) is 11.3 Å². The van der Waals surface area contributed by atoms with Gasteiger partial charge in [0.15, 0.2) is 4.96 Å². The van der Waals surface area contributed by atoms with Crippen molar-refractivity contribution in [2.45, 2.75) is 19.1 Å². The number of hydrogen-bond acceptors (Lipinski definition) is 4. The number of likely N-dealkylation sites (tertiary alicyclic amines) is 1. The Balaban J connectivity index is 1.71. The lowest BCUT2D eigenvalue weighted by Crippen LogP contribution is -2.59. The van der Waals surface area contributed by atoms with Crippen LogP contribution in [0.1, 0.15) is 12.6 Å². The van der Waals surface area contributed by atoms with Gasteiger partial charge in [0.2, 0.25) is 0 Å². The van der Waals surface area contributed by atoms with Crippen LogP contribution in [0.4, 0.5) is 0 Å². The molecule has 0 atom stereocenters. The van der Waals surface area contributed by atoms with Crippen molar-refractivity contribution < 1.29 is 5.11 Å². The van der Waals surface area contributed by atoms with Gasteiger partial charge >= 0.3 is 0 Å². The summed E-state index contributed by atoms with van der Waals surface area (Å²) in [5.41, 5.74) is 0.592. The highest BCUT2D eigenvalue weighted by molar-refractivity contribution is 7.15. The molecule has 0 bridgehead atoms. The summed E-state index contributed by atoms with van der Waals surface area (Å²) in [6.45, 7) is 4.20. The van der Waals surface area contributed by atoms with Crippen molar-refractivity contribution in [1.82, 2.24) is 14.3 Å². The van der Waals surface area contributed by atoms with Crippen LogP contribution in [0.5, 0.6) is 0 Å². The lowest BCUT2D eigenvalue weighted by molar-refractivity contribution is -0.0875. The average Bonchev–Trinajstić information content (AvgIpc) is 2.59. The molecule has 5 heteroatoms. The van der Waals surface area contributed by atoms with Gasteiger partial charge in [-0.05, 0) is 6.92 Å². The molecule has 1 saturated heterocycles. The molecule has 0 radical (unpaired) electrons. The van der Waals surface area contributed by atoms with Gasteiger partial charge in [-0.3, -0.25) is 9.30 Å². The number of aromatic nitrogens is 2. The van der Waals surface area contributed by atoms with E-state index < -0.39 is 5.60 Å². The predicted molar refractivity (Wildman–Crippen MR) is 59.0 cm³/mol. The van der Waals surface area contributed by atoms with E-state index in [0.717, 1.165) is 30.3 Å². The summed E-state index contributed by atoms with van der Waals surface area (Å²) >= 11 is 1.64. The van der Waals surface area contributed by atoms with Crippen molar-refractivity contribution in [3.05, 3.63) is 23.5 Å². The third-order valence-electron chi connectivity index (χ3n) is 2.66. The van der Waals surface area contributed by atoms with E-state index in [-0.39, 0.29) is 0 Å². The molecular formula is C10H13N3OS. The molecule has 0 saturated carbocycles. The molecule has 1 N–H and O–H groups in total. The minimum atomic E-state index is -0.489. The van der Waals surface area contributed by atoms with Gasteiger partial charge in [-0.15, -0.1) is 11.3 Å². The molecule has 1 aliphatic heterocycles. The first-order chi connectivity index (χ1) is 7.12. The maximum atomic E-state index is 9.60. The van der Waals surface area contributed by atoms with E-state index in [0.29, 0.717) is 0 Å². The smallest absolute Gasteiger partial charge is 0.193 e. The minimum Gasteiger partial charge on any atom is -0.388 e. The Bertz CT molecular complexity index is 451. The van der Waals surface area contributed by atoms with Crippen LogP contribution in [0, 0.1) is 0 Å². The highest BCUT2D eigenvalue weighted by Crippen LogP contribution is 2.22. The highest BCUT2D eigenvalue weighted by atomic mass is 32.1. The Kier molecular flexibility index (Phi) is 1.89. The highest BCUT2D eigenvalue weighted by Gasteiger charge is 2.36. The fraction of sp³-hybridized carbons (Fsp3) is 0.500. The van der Waals surface area contributed by atoms with Crippen LogP contribution in [-0.2, 0) is 6.54 Å². The standard InChI is InChI=1S/C10H13N3OS/c1-10(14)6-12(7-10)4-8-5-13-2-3-15-9(13)11-8/h2-3,5,14H,4,6-7H2,1H3. The van der Waals surface area contributed by atoms with Crippen molar-refractivity contribution in [1.29, 1.82) is 0 Å². The summed E-state index contributed by atoms with van der Waals surface area (Å²) in [7, 11) is 0. The molecule has 2 aromatic heterocycles. The molecular weight excluding hydrogens is 210 g/mol. The lowest BCUT2D eigenvalue weighted by Gasteiger charge is -2.43. The second-order valence-corrected chi connectivity index (χ2v) is 5.34. The van der Waals surface area contributed by atoms with Crippen molar-refractivity contribution in [3.63, 3.8) is 0 Å². The lowest BCUT2D eigenvalue weighted by atomic mass is 9.97. The Morgan fingerprint density at radius 2 is 2.40 bits per heavy atom. The summed E-state index contributed by atoms with van der Waals surface area (Å²) in [5, 5.41) is 11.6. The van der Waals surface area contributed by atoms with Crippen molar-refractivity contribution in [2.24, 2.45) is 0 Å². The number of β-amino-alcohol motifs (C(OH)–C–C–N with tert-alkyl or cyclic N) is 1. The fourth-order valence-electron chi connectivity index (χ4n) is 2.11. The van der Waals surface area contributed by atoms with Crippen LogP contribution < -0.4 is 0 Å². The van der Waals surface area contributed by atoms with E-state index in [1.54, 1.807) is 11.3 Å². The summed E-state index contributed by atoms with van der Waals surface area (Å²) in [6, 6.07) is 0. The van der Waals surface area contributed by atoms with Gasteiger partial charge in [-0.25, -0.2) is 4.98 Å². The van der Waals surface area contributed by atoms with E-state index in [2.05, 4.69) is 16.1 Å². The van der Waals surface area contributed by atoms with E-state index in [4.69, 9.17) is 0 Å². The fourth-order valence-corrected chi connectivity index (χ4v) is 2.83. The topological polar surface area (TPSA) is 40.8 Å². The van der Waals surface area contributed by atoms with E-state index in [9.17, 15) is 5.11 Å². The Morgan fingerprint density at radius 3 is 3.07 bits per heavy atom. The second-order valence-electron chi connectivity index (χ2n) is 4.47. The monoisotopic (exact) mass is 223 g/mol. The van der Waals surface area contributed by atoms with E-state index in [1.807, 2.05) is 22.9 Å². The largest absolute Gasteiger partial charge is 0.388 e. The Labute approximate surface area is 91.8 Å². The molecule has 0 spiro atoms. The molecule has 80 valence electrons. The van der Waals surface area contributed by atoms with Crippen LogP contribution >= 0.6 is 11.3 Å². The van der Waals surface area contributed by atoms with E-state index in [1.165, 1.54) is 0 Å². The van der Waals surface area contributed by atoms with Gasteiger partial charge in [-0.1, -0.05) is 0 Å². The second kappa shape index (κ2) is 3.04. The first-order valence-electron chi connectivity index (χ1n) is 4.98. The van der Waals surface area contributed by atoms with E-state index >= 15 is 0 Å². The van der Waals surface area contributed by atoms with Crippen molar-refractivity contribution >= 4 is 16.3 Å². The third-order valence-corrected chi connectivity index (χ3v) is 3.43. The van der Waals surface area contributed by atoms with Crippen molar-refractivity contribution in [3.8, 4) is 0 Å².